The summed E-state index contributed by atoms with van der Waals surface area (Å²) < 4.78 is 8.07. The molecule has 3 nitrogen and oxygen atoms in total. The standard InChI is InChI=1S/C12H9BrN2OS2/c1-7-14-15-11(18-7)6-16-12-8-4-5-17-10(8)3-2-9(12)13/h2-5H,6H2,1H3. The van der Waals surface area contributed by atoms with E-state index in [0.717, 1.165) is 25.6 Å². The second-order valence-corrected chi connectivity index (χ2v) is 6.78. The molecular formula is C12H9BrN2OS2. The van der Waals surface area contributed by atoms with Gasteiger partial charge in [-0.1, -0.05) is 11.3 Å². The summed E-state index contributed by atoms with van der Waals surface area (Å²) >= 11 is 6.80. The van der Waals surface area contributed by atoms with Gasteiger partial charge in [-0.15, -0.1) is 21.5 Å². The Labute approximate surface area is 121 Å². The molecule has 0 amide bonds. The van der Waals surface area contributed by atoms with E-state index in [1.54, 1.807) is 22.7 Å². The number of hydrogen-bond acceptors (Lipinski definition) is 5. The first-order valence-electron chi connectivity index (χ1n) is 5.31. The zero-order valence-corrected chi connectivity index (χ0v) is 12.7. The molecule has 0 radical (unpaired) electrons. The van der Waals surface area contributed by atoms with Crippen LogP contribution in [0.3, 0.4) is 0 Å². The Bertz CT molecular complexity index is 692. The first kappa shape index (κ1) is 12.1. The van der Waals surface area contributed by atoms with Crippen LogP contribution >= 0.6 is 38.6 Å². The summed E-state index contributed by atoms with van der Waals surface area (Å²) in [6.07, 6.45) is 0. The Balaban J connectivity index is 1.89. The van der Waals surface area contributed by atoms with E-state index in [0.29, 0.717) is 6.61 Å². The second-order valence-electron chi connectivity index (χ2n) is 3.71. The first-order chi connectivity index (χ1) is 8.74. The predicted molar refractivity (Wildman–Crippen MR) is 78.5 cm³/mol. The number of nitrogens with zero attached hydrogens (tertiary/aromatic N) is 2. The highest BCUT2D eigenvalue weighted by Crippen LogP contribution is 2.36. The molecule has 0 N–H and O–H groups in total. The lowest BCUT2D eigenvalue weighted by atomic mass is 10.2. The van der Waals surface area contributed by atoms with Gasteiger partial charge < -0.3 is 4.74 Å². The number of ether oxygens (including phenoxy) is 1. The van der Waals surface area contributed by atoms with Crippen molar-refractivity contribution in [2.45, 2.75) is 13.5 Å². The highest BCUT2D eigenvalue weighted by Gasteiger charge is 2.09. The molecular weight excluding hydrogens is 332 g/mol. The van der Waals surface area contributed by atoms with Gasteiger partial charge >= 0.3 is 0 Å². The number of thiophene rings is 1. The third kappa shape index (κ3) is 2.28. The molecule has 3 rings (SSSR count). The molecule has 92 valence electrons. The summed E-state index contributed by atoms with van der Waals surface area (Å²) in [7, 11) is 0. The molecule has 0 spiro atoms. The fraction of sp³-hybridized carbons (Fsp3) is 0.167. The third-order valence-corrected chi connectivity index (χ3v) is 4.76. The van der Waals surface area contributed by atoms with Crippen molar-refractivity contribution in [3.05, 3.63) is 38.1 Å². The van der Waals surface area contributed by atoms with Crippen LogP contribution in [0, 0.1) is 6.92 Å². The van der Waals surface area contributed by atoms with Gasteiger partial charge in [0.25, 0.3) is 0 Å². The highest BCUT2D eigenvalue weighted by molar-refractivity contribution is 9.10. The molecule has 0 atom stereocenters. The molecule has 0 aliphatic carbocycles. The number of aromatic nitrogens is 2. The molecule has 0 saturated carbocycles. The van der Waals surface area contributed by atoms with Crippen LogP contribution in [0.15, 0.2) is 28.1 Å². The van der Waals surface area contributed by atoms with Crippen molar-refractivity contribution in [2.75, 3.05) is 0 Å². The lowest BCUT2D eigenvalue weighted by Crippen LogP contribution is -1.95. The zero-order valence-electron chi connectivity index (χ0n) is 9.51. The molecule has 0 aliphatic heterocycles. The average Bonchev–Trinajstić information content (AvgIpc) is 2.96. The van der Waals surface area contributed by atoms with E-state index in [9.17, 15) is 0 Å². The minimum Gasteiger partial charge on any atom is -0.484 e. The van der Waals surface area contributed by atoms with Gasteiger partial charge in [-0.05, 0) is 46.4 Å². The number of hydrogen-bond donors (Lipinski definition) is 0. The largest absolute Gasteiger partial charge is 0.484 e. The lowest BCUT2D eigenvalue weighted by Gasteiger charge is -2.07. The fourth-order valence-corrected chi connectivity index (χ4v) is 3.53. The van der Waals surface area contributed by atoms with Crippen molar-refractivity contribution < 1.29 is 4.74 Å². The van der Waals surface area contributed by atoms with Crippen molar-refractivity contribution in [1.29, 1.82) is 0 Å². The van der Waals surface area contributed by atoms with Crippen LogP contribution in [0.1, 0.15) is 10.0 Å². The molecule has 3 aromatic rings. The molecule has 2 aromatic heterocycles. The second kappa shape index (κ2) is 4.95. The van der Waals surface area contributed by atoms with Gasteiger partial charge in [0.2, 0.25) is 0 Å². The topological polar surface area (TPSA) is 35.0 Å². The SMILES string of the molecule is Cc1nnc(COc2c(Br)ccc3sccc23)s1. The summed E-state index contributed by atoms with van der Waals surface area (Å²) in [4.78, 5) is 0. The predicted octanol–water partition coefficient (Wildman–Crippen LogP) is 4.40. The van der Waals surface area contributed by atoms with Crippen molar-refractivity contribution in [2.24, 2.45) is 0 Å². The van der Waals surface area contributed by atoms with E-state index in [-0.39, 0.29) is 0 Å². The van der Waals surface area contributed by atoms with Gasteiger partial charge in [-0.25, -0.2) is 0 Å². The average molecular weight is 341 g/mol. The van der Waals surface area contributed by atoms with Crippen LogP contribution in [-0.2, 0) is 6.61 Å². The van der Waals surface area contributed by atoms with Crippen LogP contribution in [-0.4, -0.2) is 10.2 Å². The molecule has 0 bridgehead atoms. The summed E-state index contributed by atoms with van der Waals surface area (Å²) in [6, 6.07) is 6.18. The van der Waals surface area contributed by atoms with Gasteiger partial charge in [0, 0.05) is 10.1 Å². The molecule has 2 heterocycles. The third-order valence-electron chi connectivity index (χ3n) is 2.45. The van der Waals surface area contributed by atoms with Crippen LogP contribution < -0.4 is 4.74 Å². The fourth-order valence-electron chi connectivity index (χ4n) is 1.67. The Hall–Kier alpha value is -0.980. The van der Waals surface area contributed by atoms with Gasteiger partial charge in [0.1, 0.15) is 17.4 Å². The molecule has 1 aromatic carbocycles. The van der Waals surface area contributed by atoms with Crippen LogP contribution in [0.4, 0.5) is 0 Å². The normalized spacial score (nSPS) is 11.0. The Kier molecular flexibility index (Phi) is 3.32. The van der Waals surface area contributed by atoms with E-state index in [1.807, 2.05) is 13.0 Å². The highest BCUT2D eigenvalue weighted by atomic mass is 79.9. The van der Waals surface area contributed by atoms with Crippen LogP contribution in [0.5, 0.6) is 5.75 Å². The van der Waals surface area contributed by atoms with Crippen molar-refractivity contribution >= 4 is 48.7 Å². The van der Waals surface area contributed by atoms with Gasteiger partial charge in [0.05, 0.1) is 4.47 Å². The molecule has 6 heteroatoms. The van der Waals surface area contributed by atoms with Gasteiger partial charge in [0.15, 0.2) is 5.01 Å². The van der Waals surface area contributed by atoms with Crippen molar-refractivity contribution in [3.8, 4) is 5.75 Å². The molecule has 0 saturated heterocycles. The molecule has 18 heavy (non-hydrogen) atoms. The van der Waals surface area contributed by atoms with Gasteiger partial charge in [-0.3, -0.25) is 0 Å². The summed E-state index contributed by atoms with van der Waals surface area (Å²) in [6.45, 7) is 2.40. The summed E-state index contributed by atoms with van der Waals surface area (Å²) in [5.74, 6) is 0.876. The maximum atomic E-state index is 5.88. The van der Waals surface area contributed by atoms with Crippen LogP contribution in [0.2, 0.25) is 0 Å². The minimum absolute atomic E-state index is 0.457. The Morgan fingerprint density at radius 3 is 2.94 bits per heavy atom. The maximum Gasteiger partial charge on any atom is 0.155 e. The molecule has 0 fully saturated rings. The summed E-state index contributed by atoms with van der Waals surface area (Å²) in [5, 5.41) is 13.1. The van der Waals surface area contributed by atoms with Crippen molar-refractivity contribution in [1.82, 2.24) is 10.2 Å². The Morgan fingerprint density at radius 2 is 2.17 bits per heavy atom. The van der Waals surface area contributed by atoms with Crippen LogP contribution in [0.25, 0.3) is 10.1 Å². The number of benzene rings is 1. The quantitative estimate of drug-likeness (QED) is 0.708. The van der Waals surface area contributed by atoms with Gasteiger partial charge in [-0.2, -0.15) is 0 Å². The van der Waals surface area contributed by atoms with E-state index >= 15 is 0 Å². The Morgan fingerprint density at radius 1 is 1.28 bits per heavy atom. The first-order valence-corrected chi connectivity index (χ1v) is 7.80. The monoisotopic (exact) mass is 340 g/mol. The zero-order chi connectivity index (χ0) is 12.5. The molecule has 0 unspecified atom stereocenters. The van der Waals surface area contributed by atoms with E-state index < -0.39 is 0 Å². The van der Waals surface area contributed by atoms with Crippen molar-refractivity contribution in [3.63, 3.8) is 0 Å². The number of fused-ring (bicyclic) bond motifs is 1. The number of rotatable bonds is 3. The van der Waals surface area contributed by atoms with E-state index in [4.69, 9.17) is 4.74 Å². The minimum atomic E-state index is 0.457. The maximum absolute atomic E-state index is 5.88. The number of aryl methyl sites for hydroxylation is 1. The summed E-state index contributed by atoms with van der Waals surface area (Å²) in [5.41, 5.74) is 0. The number of halogens is 1. The van der Waals surface area contributed by atoms with E-state index in [2.05, 4.69) is 43.6 Å². The van der Waals surface area contributed by atoms with E-state index in [1.165, 1.54) is 4.70 Å². The lowest BCUT2D eigenvalue weighted by molar-refractivity contribution is 0.306. The smallest absolute Gasteiger partial charge is 0.155 e. The molecule has 0 aliphatic rings.